The van der Waals surface area contributed by atoms with Crippen LogP contribution >= 0.6 is 15.8 Å². The standard InChI is InChI=1S/C24H32P2/c1-3-11-23(12-4-1)25-17-15-21(19-25)9-7-8-10-22-16-18-26(20-22)24-13-5-2-6-14-24/h1-6,11-14,21-22H,7-10,15-20H2. The first-order chi connectivity index (χ1) is 12.9. The van der Waals surface area contributed by atoms with E-state index >= 15 is 0 Å². The molecular formula is C24H32P2. The molecule has 2 heteroatoms. The Morgan fingerprint density at radius 3 is 1.46 bits per heavy atom. The minimum Gasteiger partial charge on any atom is -0.0750 e. The average molecular weight is 382 g/mol. The van der Waals surface area contributed by atoms with Crippen LogP contribution in [0.15, 0.2) is 60.7 Å². The molecule has 0 saturated carbocycles. The van der Waals surface area contributed by atoms with Gasteiger partial charge in [-0.1, -0.05) is 102 Å². The molecule has 4 atom stereocenters. The van der Waals surface area contributed by atoms with Crippen molar-refractivity contribution >= 4 is 26.5 Å². The fraction of sp³-hybridized carbons (Fsp3) is 0.500. The Morgan fingerprint density at radius 1 is 0.615 bits per heavy atom. The summed E-state index contributed by atoms with van der Waals surface area (Å²) in [6.45, 7) is 0. The lowest BCUT2D eigenvalue weighted by Crippen LogP contribution is -2.04. The average Bonchev–Trinajstić information content (AvgIpc) is 3.37. The summed E-state index contributed by atoms with van der Waals surface area (Å²) >= 11 is 0. The van der Waals surface area contributed by atoms with E-state index in [9.17, 15) is 0 Å². The summed E-state index contributed by atoms with van der Waals surface area (Å²) in [6.07, 6.45) is 14.9. The largest absolute Gasteiger partial charge is 0.0750 e. The molecule has 2 fully saturated rings. The normalized spacial score (nSPS) is 28.5. The van der Waals surface area contributed by atoms with Crippen LogP contribution in [0, 0.1) is 11.8 Å². The van der Waals surface area contributed by atoms with Crippen LogP contribution < -0.4 is 10.6 Å². The number of hydrogen-bond acceptors (Lipinski definition) is 0. The van der Waals surface area contributed by atoms with Crippen molar-refractivity contribution in [2.75, 3.05) is 24.6 Å². The lowest BCUT2D eigenvalue weighted by atomic mass is 9.96. The summed E-state index contributed by atoms with van der Waals surface area (Å²) < 4.78 is 0. The molecule has 2 aliphatic heterocycles. The van der Waals surface area contributed by atoms with Crippen molar-refractivity contribution in [3.63, 3.8) is 0 Å². The van der Waals surface area contributed by atoms with Crippen LogP contribution in [0.3, 0.4) is 0 Å². The van der Waals surface area contributed by atoms with E-state index in [0.717, 1.165) is 11.8 Å². The summed E-state index contributed by atoms with van der Waals surface area (Å²) in [5.41, 5.74) is 0. The van der Waals surface area contributed by atoms with E-state index in [1.807, 2.05) is 0 Å². The SMILES string of the molecule is c1ccc(P2CCC(CCCCC3CCP(c4ccccc4)C3)C2)cc1. The highest BCUT2D eigenvalue weighted by atomic mass is 31.1. The molecule has 2 saturated heterocycles. The van der Waals surface area contributed by atoms with Gasteiger partial charge in [0.1, 0.15) is 0 Å². The highest BCUT2D eigenvalue weighted by Crippen LogP contribution is 2.48. The van der Waals surface area contributed by atoms with Crippen molar-refractivity contribution in [3.8, 4) is 0 Å². The molecule has 138 valence electrons. The smallest absolute Gasteiger partial charge is 0.0240 e. The lowest BCUT2D eigenvalue weighted by molar-refractivity contribution is 0.457. The Hall–Kier alpha value is -0.700. The van der Waals surface area contributed by atoms with Crippen molar-refractivity contribution in [3.05, 3.63) is 60.7 Å². The minimum absolute atomic E-state index is 0.162. The summed E-state index contributed by atoms with van der Waals surface area (Å²) in [4.78, 5) is 0. The molecule has 0 spiro atoms. The zero-order chi connectivity index (χ0) is 17.6. The van der Waals surface area contributed by atoms with Gasteiger partial charge in [-0.25, -0.2) is 0 Å². The lowest BCUT2D eigenvalue weighted by Gasteiger charge is -2.14. The third-order valence-electron chi connectivity index (χ3n) is 6.29. The second-order valence-electron chi connectivity index (χ2n) is 8.16. The molecule has 0 nitrogen and oxygen atoms in total. The first kappa shape index (κ1) is 18.7. The second kappa shape index (κ2) is 9.48. The second-order valence-corrected chi connectivity index (χ2v) is 13.0. The zero-order valence-electron chi connectivity index (χ0n) is 15.9. The Morgan fingerprint density at radius 2 is 1.04 bits per heavy atom. The van der Waals surface area contributed by atoms with Gasteiger partial charge in [-0.2, -0.15) is 0 Å². The van der Waals surface area contributed by atoms with Crippen molar-refractivity contribution in [1.29, 1.82) is 0 Å². The maximum absolute atomic E-state index is 2.36. The molecule has 0 aliphatic carbocycles. The van der Waals surface area contributed by atoms with Crippen LogP contribution in [0.2, 0.25) is 0 Å². The van der Waals surface area contributed by atoms with Gasteiger partial charge in [-0.3, -0.25) is 0 Å². The molecular weight excluding hydrogens is 350 g/mol. The Balaban J connectivity index is 1.13. The molecule has 0 N–H and O–H groups in total. The predicted molar refractivity (Wildman–Crippen MR) is 120 cm³/mol. The molecule has 2 aromatic rings. The number of rotatable bonds is 7. The van der Waals surface area contributed by atoms with Gasteiger partial charge >= 0.3 is 0 Å². The van der Waals surface area contributed by atoms with E-state index < -0.39 is 0 Å². The molecule has 2 aromatic carbocycles. The van der Waals surface area contributed by atoms with Gasteiger partial charge in [0.05, 0.1) is 0 Å². The molecule has 2 heterocycles. The van der Waals surface area contributed by atoms with Gasteiger partial charge < -0.3 is 0 Å². The Labute approximate surface area is 162 Å². The van der Waals surface area contributed by atoms with Crippen LogP contribution in [0.5, 0.6) is 0 Å². The molecule has 4 rings (SSSR count). The quantitative estimate of drug-likeness (QED) is 0.395. The molecule has 0 bridgehead atoms. The van der Waals surface area contributed by atoms with Crippen LogP contribution in [0.25, 0.3) is 0 Å². The van der Waals surface area contributed by atoms with Crippen molar-refractivity contribution < 1.29 is 0 Å². The molecule has 4 unspecified atom stereocenters. The third-order valence-corrected chi connectivity index (χ3v) is 11.9. The van der Waals surface area contributed by atoms with Crippen LogP contribution in [0.1, 0.15) is 38.5 Å². The fourth-order valence-electron chi connectivity index (χ4n) is 4.75. The van der Waals surface area contributed by atoms with Gasteiger partial charge in [0.25, 0.3) is 0 Å². The van der Waals surface area contributed by atoms with E-state index in [-0.39, 0.29) is 15.8 Å². The third kappa shape index (κ3) is 4.97. The Kier molecular flexibility index (Phi) is 6.80. The number of hydrogen-bond donors (Lipinski definition) is 0. The van der Waals surface area contributed by atoms with Gasteiger partial charge in [0, 0.05) is 0 Å². The fourth-order valence-corrected chi connectivity index (χ4v) is 10.6. The van der Waals surface area contributed by atoms with Crippen LogP contribution in [-0.2, 0) is 0 Å². The van der Waals surface area contributed by atoms with Gasteiger partial charge in [0.2, 0.25) is 0 Å². The summed E-state index contributed by atoms with van der Waals surface area (Å²) in [5, 5.41) is 3.29. The van der Waals surface area contributed by atoms with Gasteiger partial charge in [0.15, 0.2) is 0 Å². The minimum atomic E-state index is 0.162. The first-order valence-electron chi connectivity index (χ1n) is 10.5. The van der Waals surface area contributed by atoms with Crippen molar-refractivity contribution in [1.82, 2.24) is 0 Å². The molecule has 26 heavy (non-hydrogen) atoms. The van der Waals surface area contributed by atoms with E-state index in [4.69, 9.17) is 0 Å². The van der Waals surface area contributed by atoms with E-state index in [1.165, 1.54) is 63.2 Å². The van der Waals surface area contributed by atoms with E-state index in [1.54, 1.807) is 10.6 Å². The van der Waals surface area contributed by atoms with Crippen molar-refractivity contribution in [2.45, 2.75) is 38.5 Å². The maximum atomic E-state index is 2.36. The molecule has 2 aliphatic rings. The van der Waals surface area contributed by atoms with E-state index in [0.29, 0.717) is 0 Å². The van der Waals surface area contributed by atoms with Gasteiger partial charge in [-0.05, 0) is 59.9 Å². The predicted octanol–water partition coefficient (Wildman–Crippen LogP) is 6.20. The van der Waals surface area contributed by atoms with Crippen LogP contribution in [-0.4, -0.2) is 24.6 Å². The monoisotopic (exact) mass is 382 g/mol. The van der Waals surface area contributed by atoms with Crippen molar-refractivity contribution in [2.24, 2.45) is 11.8 Å². The highest BCUT2D eigenvalue weighted by molar-refractivity contribution is 7.66. The Bertz CT molecular complexity index is 595. The topological polar surface area (TPSA) is 0 Å². The molecule has 0 aromatic heterocycles. The molecule has 0 radical (unpaired) electrons. The van der Waals surface area contributed by atoms with Crippen LogP contribution in [0.4, 0.5) is 0 Å². The number of benzene rings is 2. The van der Waals surface area contributed by atoms with Gasteiger partial charge in [-0.15, -0.1) is 0 Å². The first-order valence-corrected chi connectivity index (χ1v) is 13.9. The zero-order valence-corrected chi connectivity index (χ0v) is 17.7. The number of unbranched alkanes of at least 4 members (excludes halogenated alkanes) is 1. The molecule has 0 amide bonds. The summed E-state index contributed by atoms with van der Waals surface area (Å²) in [7, 11) is 0.324. The summed E-state index contributed by atoms with van der Waals surface area (Å²) in [5.74, 6) is 2.04. The maximum Gasteiger partial charge on any atom is -0.0240 e. The summed E-state index contributed by atoms with van der Waals surface area (Å²) in [6, 6.07) is 22.6. The highest BCUT2D eigenvalue weighted by Gasteiger charge is 2.26. The van der Waals surface area contributed by atoms with E-state index in [2.05, 4.69) is 60.7 Å².